The average molecular weight is 258 g/mol. The summed E-state index contributed by atoms with van der Waals surface area (Å²) >= 11 is 0. The van der Waals surface area contributed by atoms with E-state index in [1.807, 2.05) is 13.8 Å². The number of carbonyl (C=O) groups excluding carboxylic acids is 2. The molecule has 0 aliphatic carbocycles. The monoisotopic (exact) mass is 258 g/mol. The fourth-order valence-electron chi connectivity index (χ4n) is 1.48. The van der Waals surface area contributed by atoms with Crippen LogP contribution in [0.3, 0.4) is 0 Å². The summed E-state index contributed by atoms with van der Waals surface area (Å²) in [7, 11) is 0. The largest absolute Gasteiger partial charge is 0.466 e. The fraction of sp³-hybridized carbons (Fsp3) is 0.857. The number of esters is 2. The molecule has 0 rings (SSSR count). The van der Waals surface area contributed by atoms with Crippen molar-refractivity contribution in [2.24, 2.45) is 0 Å². The molecular formula is C14H26O4. The third-order valence-corrected chi connectivity index (χ3v) is 2.46. The van der Waals surface area contributed by atoms with Crippen molar-refractivity contribution < 1.29 is 19.1 Å². The summed E-state index contributed by atoms with van der Waals surface area (Å²) in [6, 6.07) is 0. The standard InChI is InChI=1S/C14H26O4/c1-3-9-13(15)18-12-8-6-5-7-10-14(16)17-11-4-2/h3-12H2,1-2H3. The maximum absolute atomic E-state index is 11.2. The van der Waals surface area contributed by atoms with Gasteiger partial charge < -0.3 is 9.47 Å². The molecule has 4 nitrogen and oxygen atoms in total. The summed E-state index contributed by atoms with van der Waals surface area (Å²) in [6.45, 7) is 4.96. The van der Waals surface area contributed by atoms with Gasteiger partial charge in [0.05, 0.1) is 13.2 Å². The van der Waals surface area contributed by atoms with Crippen molar-refractivity contribution in [2.75, 3.05) is 13.2 Å². The number of carbonyl (C=O) groups is 2. The summed E-state index contributed by atoms with van der Waals surface area (Å²) in [5.41, 5.74) is 0. The summed E-state index contributed by atoms with van der Waals surface area (Å²) in [5, 5.41) is 0. The quantitative estimate of drug-likeness (QED) is 0.422. The van der Waals surface area contributed by atoms with Gasteiger partial charge in [-0.15, -0.1) is 0 Å². The first kappa shape index (κ1) is 16.9. The van der Waals surface area contributed by atoms with Crippen LogP contribution < -0.4 is 0 Å². The van der Waals surface area contributed by atoms with Gasteiger partial charge in [0.1, 0.15) is 0 Å². The van der Waals surface area contributed by atoms with Gasteiger partial charge >= 0.3 is 11.9 Å². The minimum atomic E-state index is -0.111. The highest BCUT2D eigenvalue weighted by atomic mass is 16.5. The normalized spacial score (nSPS) is 10.1. The lowest BCUT2D eigenvalue weighted by Gasteiger charge is -2.04. The molecule has 18 heavy (non-hydrogen) atoms. The summed E-state index contributed by atoms with van der Waals surface area (Å²) in [5.74, 6) is -0.216. The number of hydrogen-bond donors (Lipinski definition) is 0. The molecule has 0 saturated carbocycles. The lowest BCUT2D eigenvalue weighted by molar-refractivity contribution is -0.144. The van der Waals surface area contributed by atoms with E-state index in [4.69, 9.17) is 9.47 Å². The second-order valence-corrected chi connectivity index (χ2v) is 4.36. The molecule has 0 aromatic heterocycles. The predicted molar refractivity (Wildman–Crippen MR) is 70.2 cm³/mol. The highest BCUT2D eigenvalue weighted by Crippen LogP contribution is 2.05. The Morgan fingerprint density at radius 1 is 0.722 bits per heavy atom. The molecule has 0 aliphatic heterocycles. The smallest absolute Gasteiger partial charge is 0.305 e. The second-order valence-electron chi connectivity index (χ2n) is 4.36. The van der Waals surface area contributed by atoms with Crippen molar-refractivity contribution >= 4 is 11.9 Å². The van der Waals surface area contributed by atoms with E-state index < -0.39 is 0 Å². The number of unbranched alkanes of at least 4 members (excludes halogenated alkanes) is 3. The van der Waals surface area contributed by atoms with Gasteiger partial charge in [-0.3, -0.25) is 9.59 Å². The maximum Gasteiger partial charge on any atom is 0.305 e. The average Bonchev–Trinajstić information content (AvgIpc) is 2.35. The van der Waals surface area contributed by atoms with E-state index in [1.54, 1.807) is 0 Å². The molecule has 0 bridgehead atoms. The molecule has 0 spiro atoms. The van der Waals surface area contributed by atoms with Crippen LogP contribution in [-0.2, 0) is 19.1 Å². The zero-order valence-electron chi connectivity index (χ0n) is 11.7. The third kappa shape index (κ3) is 11.4. The van der Waals surface area contributed by atoms with E-state index in [0.717, 1.165) is 38.5 Å². The van der Waals surface area contributed by atoms with Crippen LogP contribution in [0.15, 0.2) is 0 Å². The Bertz CT molecular complexity index is 226. The van der Waals surface area contributed by atoms with Gasteiger partial charge in [0.15, 0.2) is 0 Å². The van der Waals surface area contributed by atoms with Gasteiger partial charge in [0, 0.05) is 12.8 Å². The highest BCUT2D eigenvalue weighted by Gasteiger charge is 2.02. The molecular weight excluding hydrogens is 232 g/mol. The van der Waals surface area contributed by atoms with Crippen molar-refractivity contribution in [2.45, 2.75) is 65.2 Å². The molecule has 0 radical (unpaired) electrons. The summed E-state index contributed by atoms with van der Waals surface area (Å²) in [4.78, 5) is 22.2. The van der Waals surface area contributed by atoms with Crippen molar-refractivity contribution in [3.8, 4) is 0 Å². The molecule has 0 heterocycles. The van der Waals surface area contributed by atoms with Crippen LogP contribution in [0.4, 0.5) is 0 Å². The molecule has 0 aromatic carbocycles. The van der Waals surface area contributed by atoms with Gasteiger partial charge in [-0.05, 0) is 25.7 Å². The van der Waals surface area contributed by atoms with Crippen LogP contribution in [0.25, 0.3) is 0 Å². The van der Waals surface area contributed by atoms with E-state index in [9.17, 15) is 9.59 Å². The van der Waals surface area contributed by atoms with Crippen LogP contribution in [0, 0.1) is 0 Å². The van der Waals surface area contributed by atoms with Crippen molar-refractivity contribution in [3.63, 3.8) is 0 Å². The SMILES string of the molecule is CCCOC(=O)CCCCCCOC(=O)CCC. The summed E-state index contributed by atoms with van der Waals surface area (Å²) < 4.78 is 10.0. The minimum Gasteiger partial charge on any atom is -0.466 e. The van der Waals surface area contributed by atoms with E-state index >= 15 is 0 Å². The topological polar surface area (TPSA) is 52.6 Å². The first-order valence-electron chi connectivity index (χ1n) is 7.02. The predicted octanol–water partition coefficient (Wildman–Crippen LogP) is 3.23. The van der Waals surface area contributed by atoms with Gasteiger partial charge in [-0.2, -0.15) is 0 Å². The Labute approximate surface area is 110 Å². The Balaban J connectivity index is 3.20. The second kappa shape index (κ2) is 12.4. The van der Waals surface area contributed by atoms with Crippen molar-refractivity contribution in [1.82, 2.24) is 0 Å². The Morgan fingerprint density at radius 2 is 1.33 bits per heavy atom. The van der Waals surface area contributed by atoms with Crippen LogP contribution in [0.1, 0.15) is 65.2 Å². The van der Waals surface area contributed by atoms with Gasteiger partial charge in [-0.1, -0.05) is 26.7 Å². The van der Waals surface area contributed by atoms with Gasteiger partial charge in [0.2, 0.25) is 0 Å². The first-order valence-corrected chi connectivity index (χ1v) is 7.02. The Morgan fingerprint density at radius 3 is 2.00 bits per heavy atom. The van der Waals surface area contributed by atoms with E-state index in [0.29, 0.717) is 26.1 Å². The molecule has 0 unspecified atom stereocenters. The molecule has 0 saturated heterocycles. The Kier molecular flexibility index (Phi) is 11.7. The third-order valence-electron chi connectivity index (χ3n) is 2.46. The van der Waals surface area contributed by atoms with Crippen LogP contribution in [0.5, 0.6) is 0 Å². The zero-order chi connectivity index (χ0) is 13.6. The molecule has 0 N–H and O–H groups in total. The molecule has 0 aromatic rings. The van der Waals surface area contributed by atoms with E-state index in [1.165, 1.54) is 0 Å². The van der Waals surface area contributed by atoms with Crippen molar-refractivity contribution in [1.29, 1.82) is 0 Å². The fourth-order valence-corrected chi connectivity index (χ4v) is 1.48. The molecule has 0 fully saturated rings. The van der Waals surface area contributed by atoms with E-state index in [2.05, 4.69) is 0 Å². The molecule has 0 amide bonds. The van der Waals surface area contributed by atoms with Crippen LogP contribution in [-0.4, -0.2) is 25.2 Å². The zero-order valence-corrected chi connectivity index (χ0v) is 11.7. The summed E-state index contributed by atoms with van der Waals surface area (Å²) in [6.07, 6.45) is 6.39. The lowest BCUT2D eigenvalue weighted by Crippen LogP contribution is -2.06. The van der Waals surface area contributed by atoms with Gasteiger partial charge in [-0.25, -0.2) is 0 Å². The number of rotatable bonds is 11. The minimum absolute atomic E-state index is 0.105. The molecule has 0 aliphatic rings. The molecule has 0 atom stereocenters. The maximum atomic E-state index is 11.2. The first-order chi connectivity index (χ1) is 8.70. The highest BCUT2D eigenvalue weighted by molar-refractivity contribution is 5.69. The number of ether oxygens (including phenoxy) is 2. The molecule has 4 heteroatoms. The number of hydrogen-bond acceptors (Lipinski definition) is 4. The van der Waals surface area contributed by atoms with Crippen molar-refractivity contribution in [3.05, 3.63) is 0 Å². The lowest BCUT2D eigenvalue weighted by atomic mass is 10.1. The molecule has 106 valence electrons. The van der Waals surface area contributed by atoms with Crippen LogP contribution in [0.2, 0.25) is 0 Å². The van der Waals surface area contributed by atoms with E-state index in [-0.39, 0.29) is 11.9 Å². The Hall–Kier alpha value is -1.06. The van der Waals surface area contributed by atoms with Crippen LogP contribution >= 0.6 is 0 Å². The van der Waals surface area contributed by atoms with Gasteiger partial charge in [0.25, 0.3) is 0 Å².